The van der Waals surface area contributed by atoms with Gasteiger partial charge in [-0.15, -0.1) is 0 Å². The van der Waals surface area contributed by atoms with Crippen LogP contribution < -0.4 is 4.74 Å². The quantitative estimate of drug-likeness (QED) is 0.710. The van der Waals surface area contributed by atoms with Gasteiger partial charge in [0.1, 0.15) is 5.75 Å². The summed E-state index contributed by atoms with van der Waals surface area (Å²) in [6.07, 6.45) is 4.10. The summed E-state index contributed by atoms with van der Waals surface area (Å²) in [5.41, 5.74) is 4.14. The number of rotatable bonds is 3. The molecular formula is C13H18O. The van der Waals surface area contributed by atoms with Crippen LogP contribution in [-0.4, -0.2) is 7.11 Å². The third-order valence-electron chi connectivity index (χ3n) is 3.06. The predicted octanol–water partition coefficient (Wildman–Crippen LogP) is 3.26. The Kier molecular flexibility index (Phi) is 2.49. The highest BCUT2D eigenvalue weighted by Gasteiger charge is 2.22. The number of ether oxygens (including phenoxy) is 1. The normalized spacial score (nSPS) is 15.6. The van der Waals surface area contributed by atoms with Crippen molar-refractivity contribution >= 4 is 0 Å². The van der Waals surface area contributed by atoms with E-state index in [2.05, 4.69) is 26.0 Å². The smallest absolute Gasteiger partial charge is 0.122 e. The Morgan fingerprint density at radius 2 is 1.93 bits per heavy atom. The maximum absolute atomic E-state index is 5.30. The first-order chi connectivity index (χ1) is 6.70. The fourth-order valence-electron chi connectivity index (χ4n) is 1.92. The second-order valence-corrected chi connectivity index (χ2v) is 4.40. The lowest BCUT2D eigenvalue weighted by molar-refractivity contribution is 0.411. The van der Waals surface area contributed by atoms with Crippen molar-refractivity contribution in [1.82, 2.24) is 0 Å². The highest BCUT2D eigenvalue weighted by atomic mass is 16.5. The zero-order valence-electron chi connectivity index (χ0n) is 9.26. The van der Waals surface area contributed by atoms with Gasteiger partial charge in [-0.05, 0) is 61.8 Å². The molecule has 1 aromatic carbocycles. The fraction of sp³-hybridized carbons (Fsp3) is 0.538. The van der Waals surface area contributed by atoms with Gasteiger partial charge in [0.15, 0.2) is 0 Å². The molecular weight excluding hydrogens is 172 g/mol. The van der Waals surface area contributed by atoms with Crippen molar-refractivity contribution in [3.63, 3.8) is 0 Å². The lowest BCUT2D eigenvalue weighted by Gasteiger charge is -2.10. The second-order valence-electron chi connectivity index (χ2n) is 4.40. The predicted molar refractivity (Wildman–Crippen MR) is 58.9 cm³/mol. The molecule has 0 saturated heterocycles. The molecule has 1 saturated carbocycles. The molecule has 0 aliphatic heterocycles. The number of benzene rings is 1. The van der Waals surface area contributed by atoms with E-state index < -0.39 is 0 Å². The molecule has 0 amide bonds. The molecule has 0 atom stereocenters. The van der Waals surface area contributed by atoms with Crippen molar-refractivity contribution in [2.45, 2.75) is 33.1 Å². The molecule has 0 aromatic heterocycles. The molecule has 1 fully saturated rings. The average molecular weight is 190 g/mol. The maximum Gasteiger partial charge on any atom is 0.122 e. The topological polar surface area (TPSA) is 9.23 Å². The molecule has 1 aromatic rings. The lowest BCUT2D eigenvalue weighted by atomic mass is 10.00. The van der Waals surface area contributed by atoms with E-state index >= 15 is 0 Å². The first-order valence-electron chi connectivity index (χ1n) is 5.35. The van der Waals surface area contributed by atoms with Gasteiger partial charge in [0, 0.05) is 0 Å². The number of aryl methyl sites for hydroxylation is 2. The standard InChI is InChI=1S/C13H18O/c1-9-7-13(14-3)10(2)6-12(9)8-11-4-5-11/h6-7,11H,4-5,8H2,1-3H3. The minimum Gasteiger partial charge on any atom is -0.496 e. The molecule has 1 heteroatoms. The van der Waals surface area contributed by atoms with E-state index in [1.54, 1.807) is 7.11 Å². The van der Waals surface area contributed by atoms with Crippen molar-refractivity contribution < 1.29 is 4.74 Å². The van der Waals surface area contributed by atoms with Crippen LogP contribution in [-0.2, 0) is 6.42 Å². The number of hydrogen-bond donors (Lipinski definition) is 0. The molecule has 0 bridgehead atoms. The van der Waals surface area contributed by atoms with Crippen molar-refractivity contribution in [3.8, 4) is 5.75 Å². The van der Waals surface area contributed by atoms with Crippen LogP contribution in [0, 0.1) is 19.8 Å². The largest absolute Gasteiger partial charge is 0.496 e. The minimum atomic E-state index is 0.960. The summed E-state index contributed by atoms with van der Waals surface area (Å²) in [6, 6.07) is 4.44. The van der Waals surface area contributed by atoms with E-state index in [1.807, 2.05) is 0 Å². The van der Waals surface area contributed by atoms with Gasteiger partial charge in [-0.3, -0.25) is 0 Å². The van der Waals surface area contributed by atoms with Gasteiger partial charge in [0.2, 0.25) is 0 Å². The molecule has 76 valence electrons. The first kappa shape index (κ1) is 9.57. The van der Waals surface area contributed by atoms with E-state index in [0.29, 0.717) is 0 Å². The lowest BCUT2D eigenvalue weighted by Crippen LogP contribution is -1.95. The number of methoxy groups -OCH3 is 1. The highest BCUT2D eigenvalue weighted by Crippen LogP contribution is 2.34. The highest BCUT2D eigenvalue weighted by molar-refractivity contribution is 5.41. The van der Waals surface area contributed by atoms with Crippen LogP contribution >= 0.6 is 0 Å². The summed E-state index contributed by atoms with van der Waals surface area (Å²) in [5.74, 6) is 1.98. The summed E-state index contributed by atoms with van der Waals surface area (Å²) >= 11 is 0. The Hall–Kier alpha value is -0.980. The molecule has 0 heterocycles. The van der Waals surface area contributed by atoms with Gasteiger partial charge in [0.25, 0.3) is 0 Å². The molecule has 14 heavy (non-hydrogen) atoms. The van der Waals surface area contributed by atoms with E-state index in [-0.39, 0.29) is 0 Å². The summed E-state index contributed by atoms with van der Waals surface area (Å²) in [5, 5.41) is 0. The van der Waals surface area contributed by atoms with Crippen LogP contribution in [0.1, 0.15) is 29.5 Å². The Balaban J connectivity index is 2.26. The Morgan fingerprint density at radius 1 is 1.21 bits per heavy atom. The summed E-state index contributed by atoms with van der Waals surface area (Å²) < 4.78 is 5.30. The van der Waals surface area contributed by atoms with Crippen LogP contribution in [0.15, 0.2) is 12.1 Å². The third kappa shape index (κ3) is 1.92. The van der Waals surface area contributed by atoms with E-state index in [4.69, 9.17) is 4.74 Å². The average Bonchev–Trinajstić information content (AvgIpc) is 2.94. The Bertz CT molecular complexity index is 337. The van der Waals surface area contributed by atoms with Crippen molar-refractivity contribution in [2.75, 3.05) is 7.11 Å². The van der Waals surface area contributed by atoms with Crippen molar-refractivity contribution in [1.29, 1.82) is 0 Å². The minimum absolute atomic E-state index is 0.960. The Labute approximate surface area is 86.1 Å². The SMILES string of the molecule is COc1cc(C)c(CC2CC2)cc1C. The molecule has 0 spiro atoms. The van der Waals surface area contributed by atoms with Gasteiger partial charge in [0.05, 0.1) is 7.11 Å². The van der Waals surface area contributed by atoms with Crippen LogP contribution in [0.3, 0.4) is 0 Å². The molecule has 1 aliphatic rings. The molecule has 0 radical (unpaired) electrons. The van der Waals surface area contributed by atoms with Crippen LogP contribution in [0.4, 0.5) is 0 Å². The zero-order valence-corrected chi connectivity index (χ0v) is 9.26. The molecule has 2 rings (SSSR count). The van der Waals surface area contributed by atoms with Crippen molar-refractivity contribution in [3.05, 3.63) is 28.8 Å². The van der Waals surface area contributed by atoms with Crippen molar-refractivity contribution in [2.24, 2.45) is 5.92 Å². The summed E-state index contributed by atoms with van der Waals surface area (Å²) in [4.78, 5) is 0. The Morgan fingerprint density at radius 3 is 2.50 bits per heavy atom. The van der Waals surface area contributed by atoms with Gasteiger partial charge < -0.3 is 4.74 Å². The van der Waals surface area contributed by atoms with Gasteiger partial charge >= 0.3 is 0 Å². The summed E-state index contributed by atoms with van der Waals surface area (Å²) in [7, 11) is 1.74. The van der Waals surface area contributed by atoms with Gasteiger partial charge in [-0.25, -0.2) is 0 Å². The van der Waals surface area contributed by atoms with Crippen LogP contribution in [0.5, 0.6) is 5.75 Å². The fourth-order valence-corrected chi connectivity index (χ4v) is 1.92. The maximum atomic E-state index is 5.30. The van der Waals surface area contributed by atoms with Gasteiger partial charge in [-0.1, -0.05) is 6.07 Å². The van der Waals surface area contributed by atoms with E-state index in [0.717, 1.165) is 11.7 Å². The van der Waals surface area contributed by atoms with Crippen LogP contribution in [0.25, 0.3) is 0 Å². The van der Waals surface area contributed by atoms with E-state index in [1.165, 1.54) is 36.0 Å². The molecule has 1 nitrogen and oxygen atoms in total. The molecule has 1 aliphatic carbocycles. The summed E-state index contributed by atoms with van der Waals surface area (Å²) in [6.45, 7) is 4.30. The number of hydrogen-bond acceptors (Lipinski definition) is 1. The second kappa shape index (κ2) is 3.64. The third-order valence-corrected chi connectivity index (χ3v) is 3.06. The first-order valence-corrected chi connectivity index (χ1v) is 5.35. The molecule has 0 unspecified atom stereocenters. The molecule has 0 N–H and O–H groups in total. The monoisotopic (exact) mass is 190 g/mol. The van der Waals surface area contributed by atoms with Crippen LogP contribution in [0.2, 0.25) is 0 Å². The zero-order chi connectivity index (χ0) is 10.1. The van der Waals surface area contributed by atoms with E-state index in [9.17, 15) is 0 Å². The van der Waals surface area contributed by atoms with Gasteiger partial charge in [-0.2, -0.15) is 0 Å².